The van der Waals surface area contributed by atoms with Crippen molar-refractivity contribution < 1.29 is 14.3 Å². The van der Waals surface area contributed by atoms with Crippen LogP contribution < -0.4 is 0 Å². The van der Waals surface area contributed by atoms with E-state index in [-0.39, 0.29) is 18.4 Å². The highest BCUT2D eigenvalue weighted by molar-refractivity contribution is 5.91. The molecule has 6 nitrogen and oxygen atoms in total. The zero-order valence-corrected chi connectivity index (χ0v) is 20.4. The molecule has 0 fully saturated rings. The second-order valence-corrected chi connectivity index (χ2v) is 8.43. The van der Waals surface area contributed by atoms with Crippen LogP contribution in [0.5, 0.6) is 0 Å². The first-order valence-electron chi connectivity index (χ1n) is 11.8. The fourth-order valence-electron chi connectivity index (χ4n) is 4.10. The zero-order valence-electron chi connectivity index (χ0n) is 20.4. The van der Waals surface area contributed by atoms with E-state index in [1.807, 2.05) is 97.5 Å². The topological polar surface area (TPSA) is 54.8 Å². The lowest BCUT2D eigenvalue weighted by molar-refractivity contribution is -0.141. The van der Waals surface area contributed by atoms with Crippen molar-refractivity contribution in [1.29, 1.82) is 0 Å². The van der Waals surface area contributed by atoms with Gasteiger partial charge >= 0.3 is 0 Å². The predicted molar refractivity (Wildman–Crippen MR) is 134 cm³/mol. The third-order valence-corrected chi connectivity index (χ3v) is 5.97. The summed E-state index contributed by atoms with van der Waals surface area (Å²) in [7, 11) is 3.59. The second-order valence-electron chi connectivity index (χ2n) is 8.43. The number of aromatic nitrogens is 1. The standard InChI is InChI=1S/C28H35N3O3/c1-4-17-31(22-26(32)30(19-20-34-3)21-25-16-11-18-29(25)2)28(33)27(23-12-7-5-8-13-23)24-14-9-6-10-15-24/h5-16,18,27H,4,17,19-22H2,1-3H3. The molecule has 0 aliphatic carbocycles. The van der Waals surface area contributed by atoms with Crippen molar-refractivity contribution in [2.45, 2.75) is 25.8 Å². The summed E-state index contributed by atoms with van der Waals surface area (Å²) in [4.78, 5) is 30.8. The van der Waals surface area contributed by atoms with Crippen LogP contribution in [0.3, 0.4) is 0 Å². The molecule has 2 amide bonds. The Kier molecular flexibility index (Phi) is 9.47. The van der Waals surface area contributed by atoms with Crippen LogP contribution in [0.2, 0.25) is 0 Å². The minimum Gasteiger partial charge on any atom is -0.383 e. The van der Waals surface area contributed by atoms with Crippen molar-refractivity contribution in [1.82, 2.24) is 14.4 Å². The SMILES string of the molecule is CCCN(CC(=O)N(CCOC)Cc1cccn1C)C(=O)C(c1ccccc1)c1ccccc1. The number of hydrogen-bond donors (Lipinski definition) is 0. The second kappa shape index (κ2) is 12.8. The van der Waals surface area contributed by atoms with Gasteiger partial charge in [-0.2, -0.15) is 0 Å². The van der Waals surface area contributed by atoms with Crippen molar-refractivity contribution in [3.63, 3.8) is 0 Å². The molecule has 0 bridgehead atoms. The number of methoxy groups -OCH3 is 1. The monoisotopic (exact) mass is 461 g/mol. The molecular weight excluding hydrogens is 426 g/mol. The fourth-order valence-corrected chi connectivity index (χ4v) is 4.10. The lowest BCUT2D eigenvalue weighted by Gasteiger charge is -2.30. The molecule has 2 aromatic carbocycles. The van der Waals surface area contributed by atoms with Gasteiger partial charge in [-0.25, -0.2) is 0 Å². The van der Waals surface area contributed by atoms with Gasteiger partial charge in [0.25, 0.3) is 0 Å². The smallest absolute Gasteiger partial charge is 0.242 e. The quantitative estimate of drug-likeness (QED) is 0.409. The van der Waals surface area contributed by atoms with E-state index in [0.717, 1.165) is 23.2 Å². The number of amides is 2. The predicted octanol–water partition coefficient (Wildman–Crippen LogP) is 4.07. The van der Waals surface area contributed by atoms with Crippen molar-refractivity contribution in [3.05, 3.63) is 95.8 Å². The summed E-state index contributed by atoms with van der Waals surface area (Å²) in [5.74, 6) is -0.597. The Labute approximate surface area is 202 Å². The molecule has 34 heavy (non-hydrogen) atoms. The van der Waals surface area contributed by atoms with Crippen LogP contribution in [0.1, 0.15) is 36.1 Å². The number of ether oxygens (including phenoxy) is 1. The molecule has 3 aromatic rings. The van der Waals surface area contributed by atoms with Crippen molar-refractivity contribution in [3.8, 4) is 0 Å². The zero-order chi connectivity index (χ0) is 24.3. The summed E-state index contributed by atoms with van der Waals surface area (Å²) in [5, 5.41) is 0. The molecule has 0 aliphatic rings. The normalized spacial score (nSPS) is 10.9. The van der Waals surface area contributed by atoms with Gasteiger partial charge in [0.05, 0.1) is 25.6 Å². The molecule has 0 saturated heterocycles. The maximum Gasteiger partial charge on any atom is 0.242 e. The highest BCUT2D eigenvalue weighted by atomic mass is 16.5. The van der Waals surface area contributed by atoms with E-state index in [4.69, 9.17) is 4.74 Å². The van der Waals surface area contributed by atoms with E-state index in [1.165, 1.54) is 0 Å². The summed E-state index contributed by atoms with van der Waals surface area (Å²) < 4.78 is 7.25. The van der Waals surface area contributed by atoms with Gasteiger partial charge in [-0.05, 0) is 29.7 Å². The van der Waals surface area contributed by atoms with Crippen LogP contribution in [-0.4, -0.2) is 59.5 Å². The third kappa shape index (κ3) is 6.58. The molecule has 6 heteroatoms. The summed E-state index contributed by atoms with van der Waals surface area (Å²) in [6.07, 6.45) is 2.73. The first kappa shape index (κ1) is 25.2. The Morgan fingerprint density at radius 1 is 0.882 bits per heavy atom. The number of hydrogen-bond acceptors (Lipinski definition) is 3. The highest BCUT2D eigenvalue weighted by Crippen LogP contribution is 2.27. The molecule has 0 unspecified atom stereocenters. The van der Waals surface area contributed by atoms with E-state index < -0.39 is 5.92 Å². The first-order valence-corrected chi connectivity index (χ1v) is 11.8. The molecule has 0 radical (unpaired) electrons. The number of nitrogens with zero attached hydrogens (tertiary/aromatic N) is 3. The van der Waals surface area contributed by atoms with Gasteiger partial charge < -0.3 is 19.1 Å². The van der Waals surface area contributed by atoms with Crippen molar-refractivity contribution in [2.75, 3.05) is 33.4 Å². The molecule has 0 aliphatic heterocycles. The van der Waals surface area contributed by atoms with Crippen LogP contribution in [0, 0.1) is 0 Å². The van der Waals surface area contributed by atoms with Gasteiger partial charge in [0.15, 0.2) is 0 Å². The van der Waals surface area contributed by atoms with E-state index in [9.17, 15) is 9.59 Å². The van der Waals surface area contributed by atoms with E-state index >= 15 is 0 Å². The third-order valence-electron chi connectivity index (χ3n) is 5.97. The Morgan fingerprint density at radius 3 is 2.00 bits per heavy atom. The van der Waals surface area contributed by atoms with E-state index in [2.05, 4.69) is 0 Å². The Hall–Kier alpha value is -3.38. The highest BCUT2D eigenvalue weighted by Gasteiger charge is 2.29. The largest absolute Gasteiger partial charge is 0.383 e. The molecule has 3 rings (SSSR count). The van der Waals surface area contributed by atoms with Gasteiger partial charge in [0.1, 0.15) is 0 Å². The number of benzene rings is 2. The van der Waals surface area contributed by atoms with Gasteiger partial charge in [-0.1, -0.05) is 67.6 Å². The fraction of sp³-hybridized carbons (Fsp3) is 0.357. The maximum atomic E-state index is 13.9. The molecule has 180 valence electrons. The molecular formula is C28H35N3O3. The Balaban J connectivity index is 1.85. The molecule has 0 spiro atoms. The van der Waals surface area contributed by atoms with E-state index in [1.54, 1.807) is 16.9 Å². The number of aryl methyl sites for hydroxylation is 1. The molecule has 0 N–H and O–H groups in total. The molecule has 0 saturated carbocycles. The average Bonchev–Trinajstić information content (AvgIpc) is 3.27. The Morgan fingerprint density at radius 2 is 1.50 bits per heavy atom. The van der Waals surface area contributed by atoms with Gasteiger partial charge in [-0.3, -0.25) is 9.59 Å². The minimum absolute atomic E-state index is 0.0387. The van der Waals surface area contributed by atoms with Crippen LogP contribution in [-0.2, 0) is 27.9 Å². The molecule has 1 heterocycles. The number of carbonyl (C=O) groups is 2. The van der Waals surface area contributed by atoms with Crippen LogP contribution in [0.4, 0.5) is 0 Å². The first-order chi connectivity index (χ1) is 16.5. The summed E-state index contributed by atoms with van der Waals surface area (Å²) >= 11 is 0. The molecule has 0 atom stereocenters. The number of rotatable bonds is 12. The van der Waals surface area contributed by atoms with Crippen molar-refractivity contribution >= 4 is 11.8 Å². The summed E-state index contributed by atoms with van der Waals surface area (Å²) in [6.45, 7) is 3.96. The van der Waals surface area contributed by atoms with Gasteiger partial charge in [0, 0.05) is 39.1 Å². The molecule has 1 aromatic heterocycles. The van der Waals surface area contributed by atoms with Crippen LogP contribution in [0.25, 0.3) is 0 Å². The van der Waals surface area contributed by atoms with Gasteiger partial charge in [0.2, 0.25) is 11.8 Å². The van der Waals surface area contributed by atoms with Crippen LogP contribution in [0.15, 0.2) is 79.0 Å². The maximum absolute atomic E-state index is 13.9. The lowest BCUT2D eigenvalue weighted by Crippen LogP contribution is -2.45. The Bertz CT molecular complexity index is 994. The van der Waals surface area contributed by atoms with Crippen molar-refractivity contribution in [2.24, 2.45) is 7.05 Å². The summed E-state index contributed by atoms with van der Waals surface area (Å²) in [6, 6.07) is 23.5. The average molecular weight is 462 g/mol. The number of carbonyl (C=O) groups excluding carboxylic acids is 2. The van der Waals surface area contributed by atoms with Gasteiger partial charge in [-0.15, -0.1) is 0 Å². The summed E-state index contributed by atoms with van der Waals surface area (Å²) in [5.41, 5.74) is 2.88. The van der Waals surface area contributed by atoms with Crippen LogP contribution >= 0.6 is 0 Å². The minimum atomic E-state index is -0.456. The van der Waals surface area contributed by atoms with E-state index in [0.29, 0.717) is 26.2 Å². The lowest BCUT2D eigenvalue weighted by atomic mass is 9.90.